The number of para-hydroxylation sites is 1. The third-order valence-corrected chi connectivity index (χ3v) is 4.00. The van der Waals surface area contributed by atoms with Crippen molar-refractivity contribution in [3.8, 4) is 6.07 Å². The molecule has 1 aliphatic heterocycles. The molecule has 2 aromatic carbocycles. The first-order valence-corrected chi connectivity index (χ1v) is 7.18. The van der Waals surface area contributed by atoms with Crippen LogP contribution in [0.25, 0.3) is 0 Å². The molecule has 0 saturated heterocycles. The summed E-state index contributed by atoms with van der Waals surface area (Å²) >= 11 is 0. The molecular weight excluding hydrogens is 244 g/mol. The van der Waals surface area contributed by atoms with Crippen molar-refractivity contribution in [3.05, 3.63) is 65.2 Å². The first kappa shape index (κ1) is 12.7. The summed E-state index contributed by atoms with van der Waals surface area (Å²) in [6, 6.07) is 19.2. The van der Waals surface area contributed by atoms with E-state index in [-0.39, 0.29) is 0 Å². The van der Waals surface area contributed by atoms with E-state index in [0.29, 0.717) is 6.04 Å². The van der Waals surface area contributed by atoms with E-state index in [0.717, 1.165) is 18.4 Å². The number of nitrogens with zero attached hydrogens (tertiary/aromatic N) is 1. The van der Waals surface area contributed by atoms with Gasteiger partial charge in [-0.3, -0.25) is 0 Å². The van der Waals surface area contributed by atoms with Gasteiger partial charge in [-0.1, -0.05) is 30.3 Å². The van der Waals surface area contributed by atoms with E-state index in [4.69, 9.17) is 5.26 Å². The lowest BCUT2D eigenvalue weighted by atomic mass is 9.94. The first-order chi connectivity index (χ1) is 9.85. The summed E-state index contributed by atoms with van der Waals surface area (Å²) in [5, 5.41) is 12.4. The van der Waals surface area contributed by atoms with Crippen LogP contribution in [-0.2, 0) is 12.8 Å². The minimum absolute atomic E-state index is 0.556. The Balaban J connectivity index is 1.58. The van der Waals surface area contributed by atoms with E-state index in [9.17, 15) is 0 Å². The molecule has 1 atom stereocenters. The summed E-state index contributed by atoms with van der Waals surface area (Å²) in [4.78, 5) is 0. The highest BCUT2D eigenvalue weighted by atomic mass is 14.9. The van der Waals surface area contributed by atoms with E-state index in [1.54, 1.807) is 0 Å². The van der Waals surface area contributed by atoms with Gasteiger partial charge in [-0.15, -0.1) is 0 Å². The van der Waals surface area contributed by atoms with Crippen molar-refractivity contribution in [2.24, 2.45) is 0 Å². The van der Waals surface area contributed by atoms with Crippen LogP contribution in [-0.4, -0.2) is 6.04 Å². The maximum absolute atomic E-state index is 8.80. The number of nitrogens with one attached hydrogen (secondary N) is 1. The lowest BCUT2D eigenvalue weighted by Crippen LogP contribution is -2.25. The largest absolute Gasteiger partial charge is 0.382 e. The summed E-state index contributed by atoms with van der Waals surface area (Å²) in [6.45, 7) is 0. The van der Waals surface area contributed by atoms with Crippen LogP contribution in [0.1, 0.15) is 29.5 Å². The maximum Gasteiger partial charge on any atom is 0.0991 e. The molecule has 2 nitrogen and oxygen atoms in total. The Labute approximate surface area is 120 Å². The van der Waals surface area contributed by atoms with Crippen LogP contribution in [0, 0.1) is 11.3 Å². The smallest absolute Gasteiger partial charge is 0.0991 e. The molecule has 0 aliphatic carbocycles. The highest BCUT2D eigenvalue weighted by Gasteiger charge is 2.16. The molecule has 0 amide bonds. The minimum atomic E-state index is 0.556. The number of nitriles is 1. The zero-order valence-electron chi connectivity index (χ0n) is 11.5. The highest BCUT2D eigenvalue weighted by molar-refractivity contribution is 5.53. The molecule has 0 fully saturated rings. The number of rotatable bonds is 3. The molecule has 1 aliphatic rings. The van der Waals surface area contributed by atoms with E-state index in [2.05, 4.69) is 47.8 Å². The highest BCUT2D eigenvalue weighted by Crippen LogP contribution is 2.26. The fourth-order valence-corrected chi connectivity index (χ4v) is 2.80. The topological polar surface area (TPSA) is 35.8 Å². The molecule has 0 radical (unpaired) electrons. The van der Waals surface area contributed by atoms with Gasteiger partial charge in [-0.05, 0) is 55.0 Å². The number of anilines is 1. The van der Waals surface area contributed by atoms with Gasteiger partial charge in [0.15, 0.2) is 0 Å². The average Bonchev–Trinajstić information content (AvgIpc) is 2.53. The molecule has 2 heteroatoms. The number of fused-ring (bicyclic) bond motifs is 1. The van der Waals surface area contributed by atoms with Crippen molar-refractivity contribution in [2.75, 3.05) is 5.32 Å². The van der Waals surface area contributed by atoms with Crippen LogP contribution >= 0.6 is 0 Å². The van der Waals surface area contributed by atoms with Crippen LogP contribution in [0.4, 0.5) is 5.69 Å². The molecule has 20 heavy (non-hydrogen) atoms. The van der Waals surface area contributed by atoms with Crippen molar-refractivity contribution in [1.82, 2.24) is 0 Å². The maximum atomic E-state index is 8.80. The molecule has 0 spiro atoms. The Morgan fingerprint density at radius 1 is 1.10 bits per heavy atom. The average molecular weight is 262 g/mol. The zero-order valence-corrected chi connectivity index (χ0v) is 11.5. The second-order valence-corrected chi connectivity index (χ2v) is 5.38. The van der Waals surface area contributed by atoms with E-state index >= 15 is 0 Å². The van der Waals surface area contributed by atoms with Crippen LogP contribution in [0.15, 0.2) is 48.5 Å². The Bertz CT molecular complexity index is 623. The molecule has 0 saturated carbocycles. The Morgan fingerprint density at radius 3 is 2.70 bits per heavy atom. The lowest BCUT2D eigenvalue weighted by Gasteiger charge is -2.27. The standard InChI is InChI=1S/C18H18N2/c19-13-15-7-5-14(6-8-15)9-11-17-12-10-16-3-1-2-4-18(16)20-17/h1-8,17,20H,9-12H2. The molecule has 100 valence electrons. The van der Waals surface area contributed by atoms with E-state index < -0.39 is 0 Å². The predicted molar refractivity (Wildman–Crippen MR) is 81.7 cm³/mol. The molecule has 2 aromatic rings. The molecular formula is C18H18N2. The van der Waals surface area contributed by atoms with Gasteiger partial charge in [-0.25, -0.2) is 0 Å². The van der Waals surface area contributed by atoms with Crippen molar-refractivity contribution < 1.29 is 0 Å². The Morgan fingerprint density at radius 2 is 1.90 bits per heavy atom. The van der Waals surface area contributed by atoms with Gasteiger partial charge in [0.05, 0.1) is 11.6 Å². The zero-order chi connectivity index (χ0) is 13.8. The second kappa shape index (κ2) is 5.79. The summed E-state index contributed by atoms with van der Waals surface area (Å²) in [5.74, 6) is 0. The lowest BCUT2D eigenvalue weighted by molar-refractivity contribution is 0.586. The SMILES string of the molecule is N#Cc1ccc(CCC2CCc3ccccc3N2)cc1. The fraction of sp³-hybridized carbons (Fsp3) is 0.278. The Kier molecular flexibility index (Phi) is 3.69. The molecule has 1 N–H and O–H groups in total. The second-order valence-electron chi connectivity index (χ2n) is 5.38. The molecule has 0 aromatic heterocycles. The van der Waals surface area contributed by atoms with Gasteiger partial charge in [0.1, 0.15) is 0 Å². The van der Waals surface area contributed by atoms with Gasteiger partial charge in [0.25, 0.3) is 0 Å². The fourth-order valence-electron chi connectivity index (χ4n) is 2.80. The van der Waals surface area contributed by atoms with Crippen molar-refractivity contribution >= 4 is 5.69 Å². The summed E-state index contributed by atoms with van der Waals surface area (Å²) in [5.41, 5.74) is 4.77. The van der Waals surface area contributed by atoms with E-state index in [1.807, 2.05) is 12.1 Å². The third-order valence-electron chi connectivity index (χ3n) is 4.00. The quantitative estimate of drug-likeness (QED) is 0.910. The van der Waals surface area contributed by atoms with Crippen LogP contribution in [0.5, 0.6) is 0 Å². The molecule has 1 unspecified atom stereocenters. The van der Waals surface area contributed by atoms with Gasteiger partial charge >= 0.3 is 0 Å². The number of hydrogen-bond donors (Lipinski definition) is 1. The van der Waals surface area contributed by atoms with Gasteiger partial charge < -0.3 is 5.32 Å². The summed E-state index contributed by atoms with van der Waals surface area (Å²) in [7, 11) is 0. The summed E-state index contributed by atoms with van der Waals surface area (Å²) < 4.78 is 0. The van der Waals surface area contributed by atoms with Gasteiger partial charge in [0, 0.05) is 11.7 Å². The first-order valence-electron chi connectivity index (χ1n) is 7.18. The molecule has 3 rings (SSSR count). The van der Waals surface area contributed by atoms with Crippen LogP contribution in [0.2, 0.25) is 0 Å². The minimum Gasteiger partial charge on any atom is -0.382 e. The van der Waals surface area contributed by atoms with Crippen LogP contribution < -0.4 is 5.32 Å². The number of benzene rings is 2. The monoisotopic (exact) mass is 262 g/mol. The van der Waals surface area contributed by atoms with E-state index in [1.165, 1.54) is 29.7 Å². The number of hydrogen-bond acceptors (Lipinski definition) is 2. The van der Waals surface area contributed by atoms with Crippen LogP contribution in [0.3, 0.4) is 0 Å². The Hall–Kier alpha value is -2.27. The van der Waals surface area contributed by atoms with Crippen molar-refractivity contribution in [3.63, 3.8) is 0 Å². The van der Waals surface area contributed by atoms with Crippen molar-refractivity contribution in [2.45, 2.75) is 31.7 Å². The van der Waals surface area contributed by atoms with Crippen molar-refractivity contribution in [1.29, 1.82) is 5.26 Å². The predicted octanol–water partition coefficient (Wildman–Crippen LogP) is 3.92. The van der Waals surface area contributed by atoms with Gasteiger partial charge in [-0.2, -0.15) is 5.26 Å². The summed E-state index contributed by atoms with van der Waals surface area (Å²) in [6.07, 6.45) is 4.57. The molecule has 0 bridgehead atoms. The third kappa shape index (κ3) is 2.83. The van der Waals surface area contributed by atoms with Gasteiger partial charge in [0.2, 0.25) is 0 Å². The normalized spacial score (nSPS) is 16.9. The number of aryl methyl sites for hydroxylation is 2. The molecule has 1 heterocycles.